The smallest absolute Gasteiger partial charge is 0.362 e. The first-order valence-electron chi connectivity index (χ1n) is 11.1. The number of halogens is 3. The van der Waals surface area contributed by atoms with Gasteiger partial charge in [-0.3, -0.25) is 10.1 Å². The number of carbonyl (C=O) groups is 1. The van der Waals surface area contributed by atoms with Gasteiger partial charge in [0.2, 0.25) is 0 Å². The van der Waals surface area contributed by atoms with Gasteiger partial charge in [-0.2, -0.15) is 13.2 Å². The van der Waals surface area contributed by atoms with Crippen LogP contribution in [0, 0.1) is 10.1 Å². The van der Waals surface area contributed by atoms with Gasteiger partial charge >= 0.3 is 12.2 Å². The number of aromatic nitrogens is 1. The van der Waals surface area contributed by atoms with E-state index in [4.69, 9.17) is 0 Å². The Morgan fingerprint density at radius 2 is 1.74 bits per heavy atom. The molecule has 2 saturated heterocycles. The Hall–Kier alpha value is -3.57. The minimum absolute atomic E-state index is 0.113. The molecule has 0 atom stereocenters. The molecule has 1 aromatic carbocycles. The fourth-order valence-corrected chi connectivity index (χ4v) is 4.21. The second-order valence-electron chi connectivity index (χ2n) is 8.31. The van der Waals surface area contributed by atoms with Crippen molar-refractivity contribution in [3.8, 4) is 0 Å². The van der Waals surface area contributed by atoms with Crippen LogP contribution in [-0.4, -0.2) is 60.1 Å². The number of nitrogens with zero attached hydrogens (tertiary/aromatic N) is 5. The van der Waals surface area contributed by atoms with Gasteiger partial charge in [0.1, 0.15) is 11.5 Å². The van der Waals surface area contributed by atoms with Gasteiger partial charge in [0.25, 0.3) is 5.69 Å². The number of carbonyl (C=O) groups excluding carboxylic acids is 1. The molecule has 12 heteroatoms. The van der Waals surface area contributed by atoms with Crippen LogP contribution >= 0.6 is 0 Å². The van der Waals surface area contributed by atoms with E-state index in [0.717, 1.165) is 36.6 Å². The Morgan fingerprint density at radius 3 is 2.32 bits per heavy atom. The molecular weight excluding hydrogens is 453 g/mol. The first-order chi connectivity index (χ1) is 16.2. The molecule has 1 aromatic heterocycles. The van der Waals surface area contributed by atoms with Crippen LogP contribution in [0.4, 0.5) is 35.2 Å². The number of amides is 2. The predicted octanol–water partition coefficient (Wildman–Crippen LogP) is 3.64. The van der Waals surface area contributed by atoms with E-state index in [1.807, 2.05) is 12.1 Å². The largest absolute Gasteiger partial charge is 0.416 e. The Balaban J connectivity index is 1.31. The molecule has 0 bridgehead atoms. The molecule has 2 aliphatic rings. The van der Waals surface area contributed by atoms with Crippen LogP contribution in [0.2, 0.25) is 0 Å². The van der Waals surface area contributed by atoms with Crippen molar-refractivity contribution in [2.24, 2.45) is 0 Å². The number of urea groups is 1. The Morgan fingerprint density at radius 1 is 1.03 bits per heavy atom. The monoisotopic (exact) mass is 478 g/mol. The summed E-state index contributed by atoms with van der Waals surface area (Å²) < 4.78 is 38.8. The number of anilines is 2. The third kappa shape index (κ3) is 5.32. The summed E-state index contributed by atoms with van der Waals surface area (Å²) in [5.74, 6) is 0.932. The number of nitrogens with one attached hydrogen (secondary N) is 1. The predicted molar refractivity (Wildman–Crippen MR) is 120 cm³/mol. The van der Waals surface area contributed by atoms with Crippen LogP contribution in [0.3, 0.4) is 0 Å². The van der Waals surface area contributed by atoms with E-state index in [-0.39, 0.29) is 37.9 Å². The van der Waals surface area contributed by atoms with E-state index in [9.17, 15) is 28.1 Å². The van der Waals surface area contributed by atoms with Gasteiger partial charge in [-0.1, -0.05) is 6.07 Å². The van der Waals surface area contributed by atoms with E-state index in [0.29, 0.717) is 12.6 Å². The highest BCUT2D eigenvalue weighted by atomic mass is 19.4. The van der Waals surface area contributed by atoms with Crippen molar-refractivity contribution in [1.29, 1.82) is 0 Å². The summed E-state index contributed by atoms with van der Waals surface area (Å²) in [5, 5.41) is 14.2. The number of benzene rings is 1. The molecule has 0 unspecified atom stereocenters. The van der Waals surface area contributed by atoms with Crippen LogP contribution in [0.1, 0.15) is 24.0 Å². The highest BCUT2D eigenvalue weighted by Gasteiger charge is 2.34. The average molecular weight is 478 g/mol. The summed E-state index contributed by atoms with van der Waals surface area (Å²) in [4.78, 5) is 33.0. The standard InChI is InChI=1S/C22H25F3N6O3/c23-22(24,25)17-4-5-18(19(13-17)31(33)34)28-9-11-30(12-10-28)21(32)27-15-16-3-6-20(26-14-16)29-7-1-2-8-29/h3-6,13-14H,1-2,7-12,15H2,(H,27,32). The van der Waals surface area contributed by atoms with Crippen molar-refractivity contribution in [2.45, 2.75) is 25.6 Å². The van der Waals surface area contributed by atoms with Gasteiger partial charge < -0.3 is 20.0 Å². The maximum atomic E-state index is 12.9. The normalized spacial score (nSPS) is 16.6. The Labute approximate surface area is 194 Å². The minimum Gasteiger partial charge on any atom is -0.362 e. The van der Waals surface area contributed by atoms with Crippen molar-refractivity contribution in [2.75, 3.05) is 49.1 Å². The zero-order valence-electron chi connectivity index (χ0n) is 18.4. The molecule has 34 heavy (non-hydrogen) atoms. The zero-order valence-corrected chi connectivity index (χ0v) is 18.4. The van der Waals surface area contributed by atoms with Crippen molar-refractivity contribution in [1.82, 2.24) is 15.2 Å². The zero-order chi connectivity index (χ0) is 24.3. The third-order valence-corrected chi connectivity index (χ3v) is 6.09. The first kappa shape index (κ1) is 23.6. The molecule has 4 rings (SSSR count). The van der Waals surface area contributed by atoms with Gasteiger partial charge in [-0.15, -0.1) is 0 Å². The van der Waals surface area contributed by atoms with Gasteiger partial charge in [0.05, 0.1) is 10.5 Å². The van der Waals surface area contributed by atoms with Gasteiger partial charge in [-0.25, -0.2) is 9.78 Å². The summed E-state index contributed by atoms with van der Waals surface area (Å²) in [6, 6.07) is 6.12. The van der Waals surface area contributed by atoms with E-state index in [1.54, 1.807) is 16.0 Å². The van der Waals surface area contributed by atoms with Crippen LogP contribution in [0.15, 0.2) is 36.5 Å². The second kappa shape index (κ2) is 9.74. The van der Waals surface area contributed by atoms with Gasteiger partial charge in [0.15, 0.2) is 0 Å². The fraction of sp³-hybridized carbons (Fsp3) is 0.455. The molecule has 0 radical (unpaired) electrons. The molecule has 3 heterocycles. The van der Waals surface area contributed by atoms with E-state index >= 15 is 0 Å². The molecule has 9 nitrogen and oxygen atoms in total. The van der Waals surface area contributed by atoms with E-state index in [1.165, 1.54) is 12.8 Å². The molecule has 1 N–H and O–H groups in total. The maximum Gasteiger partial charge on any atom is 0.416 e. The van der Waals surface area contributed by atoms with Crippen molar-refractivity contribution < 1.29 is 22.9 Å². The van der Waals surface area contributed by atoms with Crippen LogP contribution < -0.4 is 15.1 Å². The number of pyridine rings is 1. The quantitative estimate of drug-likeness (QED) is 0.521. The SMILES string of the molecule is O=C(NCc1ccc(N2CCCC2)nc1)N1CCN(c2ccc(C(F)(F)F)cc2[N+](=O)[O-])CC1. The minimum atomic E-state index is -4.66. The van der Waals surface area contributed by atoms with Crippen LogP contribution in [-0.2, 0) is 12.7 Å². The molecule has 0 spiro atoms. The number of alkyl halides is 3. The second-order valence-corrected chi connectivity index (χ2v) is 8.31. The highest BCUT2D eigenvalue weighted by Crippen LogP contribution is 2.36. The molecule has 182 valence electrons. The average Bonchev–Trinajstić information content (AvgIpc) is 3.37. The van der Waals surface area contributed by atoms with E-state index < -0.39 is 22.4 Å². The van der Waals surface area contributed by atoms with Crippen molar-refractivity contribution >= 4 is 23.2 Å². The lowest BCUT2D eigenvalue weighted by atomic mass is 10.1. The summed E-state index contributed by atoms with van der Waals surface area (Å²) in [6.07, 6.45) is -0.586. The first-order valence-corrected chi connectivity index (χ1v) is 11.1. The molecule has 2 aromatic rings. The number of nitro groups is 1. The maximum absolute atomic E-state index is 12.9. The number of piperazine rings is 1. The molecule has 2 fully saturated rings. The topological polar surface area (TPSA) is 94.9 Å². The molecule has 2 amide bonds. The van der Waals surface area contributed by atoms with Gasteiger partial charge in [-0.05, 0) is 36.6 Å². The summed E-state index contributed by atoms with van der Waals surface area (Å²) >= 11 is 0. The third-order valence-electron chi connectivity index (χ3n) is 6.09. The number of nitro benzene ring substituents is 1. The molecular formula is C22H25F3N6O3. The molecule has 2 aliphatic heterocycles. The van der Waals surface area contributed by atoms with Crippen LogP contribution in [0.5, 0.6) is 0 Å². The molecule has 0 saturated carbocycles. The number of hydrogen-bond acceptors (Lipinski definition) is 6. The summed E-state index contributed by atoms with van der Waals surface area (Å²) in [6.45, 7) is 3.44. The van der Waals surface area contributed by atoms with Crippen molar-refractivity contribution in [3.05, 3.63) is 57.8 Å². The summed E-state index contributed by atoms with van der Waals surface area (Å²) in [7, 11) is 0. The Kier molecular flexibility index (Phi) is 6.75. The lowest BCUT2D eigenvalue weighted by Gasteiger charge is -2.35. The number of hydrogen-bond donors (Lipinski definition) is 1. The Bertz CT molecular complexity index is 1030. The lowest BCUT2D eigenvalue weighted by molar-refractivity contribution is -0.384. The highest BCUT2D eigenvalue weighted by molar-refractivity contribution is 5.75. The lowest BCUT2D eigenvalue weighted by Crippen LogP contribution is -2.51. The number of rotatable bonds is 5. The van der Waals surface area contributed by atoms with E-state index in [2.05, 4.69) is 15.2 Å². The fourth-order valence-electron chi connectivity index (χ4n) is 4.21. The van der Waals surface area contributed by atoms with Gasteiger partial charge in [0, 0.05) is 58.1 Å². The molecule has 0 aliphatic carbocycles. The van der Waals surface area contributed by atoms with Crippen LogP contribution in [0.25, 0.3) is 0 Å². The summed E-state index contributed by atoms with van der Waals surface area (Å²) in [5.41, 5.74) is -0.681. The van der Waals surface area contributed by atoms with Crippen molar-refractivity contribution in [3.63, 3.8) is 0 Å².